The molecule has 28 heavy (non-hydrogen) atoms. The van der Waals surface area contributed by atoms with Gasteiger partial charge in [0.05, 0.1) is 4.92 Å². The van der Waals surface area contributed by atoms with E-state index >= 15 is 0 Å². The Morgan fingerprint density at radius 2 is 1.82 bits per heavy atom. The zero-order chi connectivity index (χ0) is 19.5. The van der Waals surface area contributed by atoms with Gasteiger partial charge in [0.25, 0.3) is 0 Å². The van der Waals surface area contributed by atoms with Crippen LogP contribution in [-0.4, -0.2) is 38.3 Å². The van der Waals surface area contributed by atoms with E-state index in [1.54, 1.807) is 18.2 Å². The van der Waals surface area contributed by atoms with Crippen LogP contribution >= 0.6 is 0 Å². The Labute approximate surface area is 161 Å². The average molecular weight is 379 g/mol. The zero-order valence-corrected chi connectivity index (χ0v) is 15.3. The predicted molar refractivity (Wildman–Crippen MR) is 106 cm³/mol. The summed E-state index contributed by atoms with van der Waals surface area (Å²) < 4.78 is 1.20. The minimum absolute atomic E-state index is 0.0452. The number of nitrogens with one attached hydrogen (secondary N) is 1. The first-order chi connectivity index (χ1) is 13.6. The Bertz CT molecular complexity index is 1040. The van der Waals surface area contributed by atoms with Gasteiger partial charge in [-0.1, -0.05) is 36.4 Å². The van der Waals surface area contributed by atoms with E-state index in [2.05, 4.69) is 27.3 Å². The van der Waals surface area contributed by atoms with Gasteiger partial charge in [-0.25, -0.2) is 4.98 Å². The number of benzene rings is 1. The highest BCUT2D eigenvalue weighted by molar-refractivity contribution is 5.60. The van der Waals surface area contributed by atoms with E-state index in [0.717, 1.165) is 32.5 Å². The second-order valence-corrected chi connectivity index (χ2v) is 6.98. The standard InChI is InChI=1S/C20H21N5O3/c26-20-18(25(27)28)19(22-17-8-4-5-11-24(17)20)21-16-9-12-23(13-10-16)14-15-6-2-1-3-7-15/h1-8,11,16,21H,9-10,12-14H2. The topological polar surface area (TPSA) is 92.8 Å². The second-order valence-electron chi connectivity index (χ2n) is 6.98. The van der Waals surface area contributed by atoms with E-state index < -0.39 is 16.2 Å². The molecule has 0 amide bonds. The van der Waals surface area contributed by atoms with Crippen LogP contribution in [0.5, 0.6) is 0 Å². The summed E-state index contributed by atoms with van der Waals surface area (Å²) >= 11 is 0. The third-order valence-corrected chi connectivity index (χ3v) is 5.07. The Balaban J connectivity index is 1.49. The van der Waals surface area contributed by atoms with Crippen molar-refractivity contribution in [2.45, 2.75) is 25.4 Å². The van der Waals surface area contributed by atoms with Crippen LogP contribution < -0.4 is 10.9 Å². The summed E-state index contributed by atoms with van der Waals surface area (Å²) in [5.41, 5.74) is 0.492. The van der Waals surface area contributed by atoms with E-state index in [1.807, 2.05) is 18.2 Å². The molecule has 4 rings (SSSR count). The molecule has 0 unspecified atom stereocenters. The molecule has 3 aromatic rings. The number of hydrogen-bond acceptors (Lipinski definition) is 6. The van der Waals surface area contributed by atoms with Crippen molar-refractivity contribution in [2.75, 3.05) is 18.4 Å². The van der Waals surface area contributed by atoms with E-state index in [4.69, 9.17) is 0 Å². The molecular weight excluding hydrogens is 358 g/mol. The number of piperidine rings is 1. The van der Waals surface area contributed by atoms with Gasteiger partial charge in [-0.05, 0) is 30.5 Å². The molecular formula is C20H21N5O3. The predicted octanol–water partition coefficient (Wildman–Crippen LogP) is 2.68. The van der Waals surface area contributed by atoms with E-state index in [9.17, 15) is 14.9 Å². The molecule has 0 aliphatic carbocycles. The van der Waals surface area contributed by atoms with Crippen LogP contribution in [0, 0.1) is 10.1 Å². The lowest BCUT2D eigenvalue weighted by molar-refractivity contribution is -0.385. The van der Waals surface area contributed by atoms with Gasteiger partial charge in [0, 0.05) is 31.9 Å². The highest BCUT2D eigenvalue weighted by atomic mass is 16.6. The highest BCUT2D eigenvalue weighted by Crippen LogP contribution is 2.23. The third kappa shape index (κ3) is 3.72. The van der Waals surface area contributed by atoms with Crippen molar-refractivity contribution >= 4 is 17.2 Å². The SMILES string of the molecule is O=c1c([N+](=O)[O-])c(NC2CCN(Cc3ccccc3)CC2)nc2ccccn12. The summed E-state index contributed by atoms with van der Waals surface area (Å²) in [7, 11) is 0. The van der Waals surface area contributed by atoms with Crippen LogP contribution in [0.15, 0.2) is 59.5 Å². The molecule has 0 saturated carbocycles. The molecule has 8 heteroatoms. The fraction of sp³-hybridized carbons (Fsp3) is 0.300. The summed E-state index contributed by atoms with van der Waals surface area (Å²) in [4.78, 5) is 30.1. The minimum Gasteiger partial charge on any atom is -0.361 e. The molecule has 1 aliphatic rings. The first kappa shape index (κ1) is 18.1. The van der Waals surface area contributed by atoms with Gasteiger partial charge in [0.15, 0.2) is 0 Å². The van der Waals surface area contributed by atoms with Crippen molar-refractivity contribution in [2.24, 2.45) is 0 Å². The van der Waals surface area contributed by atoms with Gasteiger partial charge in [-0.3, -0.25) is 24.2 Å². The summed E-state index contributed by atoms with van der Waals surface area (Å²) in [5.74, 6) is 0.0581. The maximum absolute atomic E-state index is 12.5. The largest absolute Gasteiger partial charge is 0.376 e. The molecule has 1 saturated heterocycles. The lowest BCUT2D eigenvalue weighted by Crippen LogP contribution is -2.39. The maximum Gasteiger partial charge on any atom is 0.376 e. The third-order valence-electron chi connectivity index (χ3n) is 5.07. The van der Waals surface area contributed by atoms with Crippen LogP contribution in [0.4, 0.5) is 11.5 Å². The van der Waals surface area contributed by atoms with Crippen molar-refractivity contribution in [3.8, 4) is 0 Å². The quantitative estimate of drug-likeness (QED) is 0.541. The number of nitrogens with zero attached hydrogens (tertiary/aromatic N) is 4. The molecule has 1 fully saturated rings. The van der Waals surface area contributed by atoms with Gasteiger partial charge in [-0.2, -0.15) is 0 Å². The van der Waals surface area contributed by atoms with Crippen LogP contribution in [0.1, 0.15) is 18.4 Å². The van der Waals surface area contributed by atoms with Crippen molar-refractivity contribution in [1.29, 1.82) is 0 Å². The molecule has 144 valence electrons. The molecule has 8 nitrogen and oxygen atoms in total. The second kappa shape index (κ2) is 7.77. The number of nitro groups is 1. The summed E-state index contributed by atoms with van der Waals surface area (Å²) in [6.45, 7) is 2.66. The zero-order valence-electron chi connectivity index (χ0n) is 15.3. The van der Waals surface area contributed by atoms with Gasteiger partial charge < -0.3 is 5.32 Å². The molecule has 2 aromatic heterocycles. The number of fused-ring (bicyclic) bond motifs is 1. The molecule has 3 heterocycles. The van der Waals surface area contributed by atoms with Crippen molar-refractivity contribution in [3.63, 3.8) is 0 Å². The monoisotopic (exact) mass is 379 g/mol. The Morgan fingerprint density at radius 1 is 1.11 bits per heavy atom. The lowest BCUT2D eigenvalue weighted by atomic mass is 10.0. The highest BCUT2D eigenvalue weighted by Gasteiger charge is 2.27. The Hall–Kier alpha value is -3.26. The Kier molecular flexibility index (Phi) is 5.03. The van der Waals surface area contributed by atoms with Crippen molar-refractivity contribution in [1.82, 2.24) is 14.3 Å². The molecule has 1 aromatic carbocycles. The smallest absolute Gasteiger partial charge is 0.361 e. The number of anilines is 1. The first-order valence-electron chi connectivity index (χ1n) is 9.30. The molecule has 0 atom stereocenters. The van der Waals surface area contributed by atoms with Crippen LogP contribution in [0.3, 0.4) is 0 Å². The maximum atomic E-state index is 12.5. The lowest BCUT2D eigenvalue weighted by Gasteiger charge is -2.32. The van der Waals surface area contributed by atoms with Gasteiger partial charge in [-0.15, -0.1) is 0 Å². The minimum atomic E-state index is -0.667. The van der Waals surface area contributed by atoms with Gasteiger partial charge >= 0.3 is 11.2 Å². The summed E-state index contributed by atoms with van der Waals surface area (Å²) in [5, 5.41) is 14.6. The first-order valence-corrected chi connectivity index (χ1v) is 9.30. The summed E-state index contributed by atoms with van der Waals surface area (Å²) in [6, 6.07) is 15.4. The molecule has 1 N–H and O–H groups in total. The molecule has 0 bridgehead atoms. The fourth-order valence-electron chi connectivity index (χ4n) is 3.62. The number of pyridine rings is 1. The molecule has 1 aliphatic heterocycles. The van der Waals surface area contributed by atoms with E-state index in [-0.39, 0.29) is 11.9 Å². The van der Waals surface area contributed by atoms with Crippen molar-refractivity contribution < 1.29 is 4.92 Å². The average Bonchev–Trinajstić information content (AvgIpc) is 2.70. The number of hydrogen-bond donors (Lipinski definition) is 1. The van der Waals surface area contributed by atoms with E-state index in [1.165, 1.54) is 16.2 Å². The number of rotatable bonds is 5. The summed E-state index contributed by atoms with van der Waals surface area (Å²) in [6.07, 6.45) is 3.16. The van der Waals surface area contributed by atoms with E-state index in [0.29, 0.717) is 5.65 Å². The van der Waals surface area contributed by atoms with Crippen LogP contribution in [-0.2, 0) is 6.54 Å². The van der Waals surface area contributed by atoms with Crippen molar-refractivity contribution in [3.05, 3.63) is 80.8 Å². The number of likely N-dealkylation sites (tertiary alicyclic amines) is 1. The normalized spacial score (nSPS) is 15.6. The van der Waals surface area contributed by atoms with Gasteiger partial charge in [0.2, 0.25) is 5.82 Å². The number of aromatic nitrogens is 2. The molecule has 0 radical (unpaired) electrons. The fourth-order valence-corrected chi connectivity index (χ4v) is 3.62. The van der Waals surface area contributed by atoms with Gasteiger partial charge in [0.1, 0.15) is 5.65 Å². The van der Waals surface area contributed by atoms with Crippen LogP contribution in [0.2, 0.25) is 0 Å². The van der Waals surface area contributed by atoms with Crippen LogP contribution in [0.25, 0.3) is 5.65 Å². The Morgan fingerprint density at radius 3 is 2.54 bits per heavy atom. The molecule has 0 spiro atoms.